The van der Waals surface area contributed by atoms with E-state index < -0.39 is 23.3 Å². The molecule has 0 amide bonds. The van der Waals surface area contributed by atoms with Crippen LogP contribution in [0.5, 0.6) is 0 Å². The summed E-state index contributed by atoms with van der Waals surface area (Å²) in [5, 5.41) is 10.1. The third kappa shape index (κ3) is 17.8. The van der Waals surface area contributed by atoms with Gasteiger partial charge in [0.2, 0.25) is 0 Å². The molecular formula is C21H35N9O6. The first kappa shape index (κ1) is 32.3. The molecule has 15 nitrogen and oxygen atoms in total. The van der Waals surface area contributed by atoms with Crippen LogP contribution in [0.1, 0.15) is 71.1 Å². The van der Waals surface area contributed by atoms with Crippen LogP contribution in [0.25, 0.3) is 31.3 Å². The fourth-order valence-electron chi connectivity index (χ4n) is 3.28. The zero-order chi connectivity index (χ0) is 26.9. The third-order valence-electron chi connectivity index (χ3n) is 5.54. The van der Waals surface area contributed by atoms with Crippen molar-refractivity contribution in [1.29, 1.82) is 0 Å². The lowest BCUT2D eigenvalue weighted by Crippen LogP contribution is -2.28. The van der Waals surface area contributed by atoms with E-state index in [9.17, 15) is 14.4 Å². The number of rotatable bonds is 22. The summed E-state index contributed by atoms with van der Waals surface area (Å²) in [5.41, 5.74) is 24.4. The maximum absolute atomic E-state index is 11.9. The average Bonchev–Trinajstić information content (AvgIpc) is 2.87. The molecule has 0 saturated carbocycles. The fourth-order valence-corrected chi connectivity index (χ4v) is 3.28. The molecule has 0 atom stereocenters. The zero-order valence-electron chi connectivity index (χ0n) is 20.8. The van der Waals surface area contributed by atoms with E-state index >= 15 is 0 Å². The normalized spacial score (nSPS) is 11.6. The number of nitrogens with zero attached hydrogens (tertiary/aromatic N) is 9. The maximum atomic E-state index is 11.9. The number of hydrogen-bond donors (Lipinski definition) is 0. The SMILES string of the molecule is CCC(CCOC(=O)CCCN=[N+]=[N-])(CCOC(=O)CCCN=[N+]=[N-])CCOC(=O)CCCN=[N+]=[N-]. The molecule has 200 valence electrons. The van der Waals surface area contributed by atoms with Crippen molar-refractivity contribution in [2.24, 2.45) is 20.8 Å². The summed E-state index contributed by atoms with van der Waals surface area (Å²) in [4.78, 5) is 43.7. The van der Waals surface area contributed by atoms with E-state index in [1.54, 1.807) is 0 Å². The Labute approximate surface area is 209 Å². The summed E-state index contributed by atoms with van der Waals surface area (Å²) >= 11 is 0. The molecule has 0 aliphatic rings. The second-order valence-electron chi connectivity index (χ2n) is 7.94. The van der Waals surface area contributed by atoms with Gasteiger partial charge in [0.25, 0.3) is 0 Å². The predicted molar refractivity (Wildman–Crippen MR) is 129 cm³/mol. The standard InChI is InChI=1S/C21H35N9O6/c1-2-21(9-15-34-18(31)6-3-12-25-28-22,10-16-35-19(32)7-4-13-26-29-23)11-17-36-20(33)8-5-14-27-30-24/h2-17H2,1H3. The van der Waals surface area contributed by atoms with Gasteiger partial charge in [-0.25, -0.2) is 0 Å². The molecule has 0 aromatic heterocycles. The van der Waals surface area contributed by atoms with E-state index in [-0.39, 0.29) is 58.7 Å². The quantitative estimate of drug-likeness (QED) is 0.0459. The minimum atomic E-state index is -0.401. The molecule has 0 unspecified atom stereocenters. The Bertz CT molecular complexity index is 716. The van der Waals surface area contributed by atoms with Crippen LogP contribution in [0.4, 0.5) is 0 Å². The summed E-state index contributed by atoms with van der Waals surface area (Å²) in [6.45, 7) is 3.05. The predicted octanol–water partition coefficient (Wildman–Crippen LogP) is 5.45. The third-order valence-corrected chi connectivity index (χ3v) is 5.54. The Morgan fingerprint density at radius 2 is 0.944 bits per heavy atom. The van der Waals surface area contributed by atoms with Gasteiger partial charge in [-0.1, -0.05) is 28.7 Å². The molecule has 0 aromatic rings. The number of carbonyl (C=O) groups excluding carboxylic acids is 3. The zero-order valence-corrected chi connectivity index (χ0v) is 20.8. The molecule has 0 heterocycles. The van der Waals surface area contributed by atoms with Crippen molar-refractivity contribution in [3.8, 4) is 0 Å². The van der Waals surface area contributed by atoms with Crippen LogP contribution in [-0.4, -0.2) is 57.4 Å². The molecule has 0 aromatic carbocycles. The van der Waals surface area contributed by atoms with Crippen molar-refractivity contribution in [2.75, 3.05) is 39.5 Å². The molecule has 36 heavy (non-hydrogen) atoms. The highest BCUT2D eigenvalue weighted by Crippen LogP contribution is 2.35. The van der Waals surface area contributed by atoms with Crippen molar-refractivity contribution in [1.82, 2.24) is 0 Å². The largest absolute Gasteiger partial charge is 0.466 e. The first-order valence-electron chi connectivity index (χ1n) is 11.9. The van der Waals surface area contributed by atoms with Gasteiger partial charge in [0.15, 0.2) is 0 Å². The van der Waals surface area contributed by atoms with Gasteiger partial charge < -0.3 is 14.2 Å². The molecule has 0 fully saturated rings. The van der Waals surface area contributed by atoms with Gasteiger partial charge >= 0.3 is 17.9 Å². The van der Waals surface area contributed by atoms with Gasteiger partial charge in [-0.3, -0.25) is 14.4 Å². The number of azide groups is 3. The van der Waals surface area contributed by atoms with E-state index in [1.165, 1.54) is 0 Å². The summed E-state index contributed by atoms with van der Waals surface area (Å²) < 4.78 is 16.0. The Kier molecular flexibility index (Phi) is 19.6. The summed E-state index contributed by atoms with van der Waals surface area (Å²) in [5.74, 6) is -1.19. The van der Waals surface area contributed by atoms with Crippen LogP contribution in [0, 0.1) is 5.41 Å². The van der Waals surface area contributed by atoms with Crippen molar-refractivity contribution in [3.63, 3.8) is 0 Å². The van der Waals surface area contributed by atoms with Gasteiger partial charge in [-0.15, -0.1) is 0 Å². The van der Waals surface area contributed by atoms with Gasteiger partial charge in [0.05, 0.1) is 19.8 Å². The van der Waals surface area contributed by atoms with Crippen LogP contribution < -0.4 is 0 Å². The minimum absolute atomic E-state index is 0.138. The Balaban J connectivity index is 4.79. The topological polar surface area (TPSA) is 225 Å². The maximum Gasteiger partial charge on any atom is 0.305 e. The Morgan fingerprint density at radius 3 is 1.19 bits per heavy atom. The molecule has 0 spiro atoms. The van der Waals surface area contributed by atoms with Crippen LogP contribution in [-0.2, 0) is 28.6 Å². The van der Waals surface area contributed by atoms with Crippen molar-refractivity contribution in [2.45, 2.75) is 71.1 Å². The van der Waals surface area contributed by atoms with Crippen LogP contribution >= 0.6 is 0 Å². The first-order valence-corrected chi connectivity index (χ1v) is 11.9. The smallest absolute Gasteiger partial charge is 0.305 e. The van der Waals surface area contributed by atoms with E-state index in [2.05, 4.69) is 30.1 Å². The highest BCUT2D eigenvalue weighted by atomic mass is 16.5. The van der Waals surface area contributed by atoms with Gasteiger partial charge in [-0.2, -0.15) is 0 Å². The highest BCUT2D eigenvalue weighted by Gasteiger charge is 2.29. The Hall–Kier alpha value is -3.66. The molecule has 15 heteroatoms. The van der Waals surface area contributed by atoms with E-state index in [4.69, 9.17) is 30.8 Å². The lowest BCUT2D eigenvalue weighted by molar-refractivity contribution is -0.145. The Morgan fingerprint density at radius 1 is 0.639 bits per heavy atom. The van der Waals surface area contributed by atoms with E-state index in [0.717, 1.165) is 0 Å². The number of carbonyl (C=O) groups is 3. The lowest BCUT2D eigenvalue weighted by Gasteiger charge is -2.32. The molecule has 0 saturated heterocycles. The number of ether oxygens (including phenoxy) is 3. The lowest BCUT2D eigenvalue weighted by atomic mass is 9.76. The molecule has 0 aliphatic carbocycles. The van der Waals surface area contributed by atoms with Crippen molar-refractivity contribution < 1.29 is 28.6 Å². The number of hydrogen-bond acceptors (Lipinski definition) is 9. The summed E-state index contributed by atoms with van der Waals surface area (Å²) in [7, 11) is 0. The monoisotopic (exact) mass is 509 g/mol. The molecule has 0 rings (SSSR count). The number of esters is 3. The van der Waals surface area contributed by atoms with Gasteiger partial charge in [0.1, 0.15) is 0 Å². The van der Waals surface area contributed by atoms with E-state index in [1.807, 2.05) is 6.92 Å². The summed E-state index contributed by atoms with van der Waals surface area (Å²) in [6, 6.07) is 0. The minimum Gasteiger partial charge on any atom is -0.466 e. The van der Waals surface area contributed by atoms with E-state index in [0.29, 0.717) is 44.9 Å². The second-order valence-corrected chi connectivity index (χ2v) is 7.94. The van der Waals surface area contributed by atoms with Gasteiger partial charge in [-0.05, 0) is 60.5 Å². The van der Waals surface area contributed by atoms with Crippen molar-refractivity contribution in [3.05, 3.63) is 31.3 Å². The van der Waals surface area contributed by atoms with Crippen LogP contribution in [0.15, 0.2) is 15.3 Å². The van der Waals surface area contributed by atoms with Gasteiger partial charge in [0, 0.05) is 53.6 Å². The van der Waals surface area contributed by atoms with Crippen LogP contribution in [0.2, 0.25) is 0 Å². The average molecular weight is 510 g/mol. The molecular weight excluding hydrogens is 474 g/mol. The fraction of sp³-hybridized carbons (Fsp3) is 0.857. The first-order chi connectivity index (χ1) is 17.4. The molecule has 0 aliphatic heterocycles. The van der Waals surface area contributed by atoms with Crippen molar-refractivity contribution >= 4 is 17.9 Å². The molecule has 0 N–H and O–H groups in total. The molecule has 0 radical (unpaired) electrons. The summed E-state index contributed by atoms with van der Waals surface area (Å²) in [6.07, 6.45) is 3.71. The molecule has 0 bridgehead atoms. The highest BCUT2D eigenvalue weighted by molar-refractivity contribution is 5.70. The second kappa shape index (κ2) is 21.8. The van der Waals surface area contributed by atoms with Crippen LogP contribution in [0.3, 0.4) is 0 Å².